The Hall–Kier alpha value is -1.45. The zero-order valence-electron chi connectivity index (χ0n) is 8.94. The monoisotopic (exact) mass is 233 g/mol. The molecule has 1 heterocycles. The Balaban J connectivity index is 2.51. The van der Waals surface area contributed by atoms with E-state index in [0.717, 1.165) is 22.8 Å². The van der Waals surface area contributed by atoms with E-state index in [9.17, 15) is 0 Å². The molecule has 3 nitrogen and oxygen atoms in total. The summed E-state index contributed by atoms with van der Waals surface area (Å²) in [5.74, 6) is 0.720. The first-order valence-corrected chi connectivity index (χ1v) is 5.37. The lowest BCUT2D eigenvalue weighted by Gasteiger charge is -2.05. The quantitative estimate of drug-likeness (QED) is 0.868. The third-order valence-electron chi connectivity index (χ3n) is 2.22. The van der Waals surface area contributed by atoms with E-state index in [1.54, 1.807) is 0 Å². The van der Waals surface area contributed by atoms with Gasteiger partial charge in [-0.25, -0.2) is 9.97 Å². The zero-order chi connectivity index (χ0) is 11.5. The largest absolute Gasteiger partial charge is 0.325 e. The van der Waals surface area contributed by atoms with Crippen molar-refractivity contribution in [3.63, 3.8) is 0 Å². The predicted octanol–water partition coefficient (Wildman–Crippen LogP) is 2.56. The van der Waals surface area contributed by atoms with Crippen molar-refractivity contribution in [1.29, 1.82) is 0 Å². The molecule has 1 aromatic carbocycles. The minimum Gasteiger partial charge on any atom is -0.325 e. The molecule has 4 heteroatoms. The number of aromatic nitrogens is 2. The Morgan fingerprint density at radius 1 is 1.25 bits per heavy atom. The van der Waals surface area contributed by atoms with Gasteiger partial charge in [0.05, 0.1) is 11.4 Å². The second kappa shape index (κ2) is 4.60. The van der Waals surface area contributed by atoms with E-state index in [1.165, 1.54) is 0 Å². The van der Waals surface area contributed by atoms with Crippen molar-refractivity contribution in [2.45, 2.75) is 13.5 Å². The van der Waals surface area contributed by atoms with Crippen LogP contribution in [0.2, 0.25) is 5.02 Å². The molecule has 0 saturated heterocycles. The van der Waals surface area contributed by atoms with Crippen LogP contribution in [-0.2, 0) is 6.54 Å². The number of nitrogens with two attached hydrogens (primary N) is 1. The van der Waals surface area contributed by atoms with Crippen molar-refractivity contribution in [2.24, 2.45) is 5.73 Å². The Bertz CT molecular complexity index is 511. The van der Waals surface area contributed by atoms with Crippen molar-refractivity contribution in [3.8, 4) is 11.3 Å². The molecule has 0 aliphatic carbocycles. The first kappa shape index (κ1) is 11.0. The number of hydrogen-bond donors (Lipinski definition) is 1. The molecule has 0 radical (unpaired) electrons. The minimum atomic E-state index is 0.414. The molecule has 16 heavy (non-hydrogen) atoms. The van der Waals surface area contributed by atoms with Gasteiger partial charge in [0.2, 0.25) is 0 Å². The molecule has 0 saturated carbocycles. The summed E-state index contributed by atoms with van der Waals surface area (Å²) < 4.78 is 0. The molecule has 0 aliphatic rings. The highest BCUT2D eigenvalue weighted by molar-refractivity contribution is 6.30. The van der Waals surface area contributed by atoms with Crippen molar-refractivity contribution in [1.82, 2.24) is 9.97 Å². The van der Waals surface area contributed by atoms with Crippen molar-refractivity contribution in [2.75, 3.05) is 0 Å². The van der Waals surface area contributed by atoms with Gasteiger partial charge < -0.3 is 5.73 Å². The molecule has 2 aromatic rings. The summed E-state index contributed by atoms with van der Waals surface area (Å²) in [5.41, 5.74) is 8.25. The molecular formula is C12H12ClN3. The molecule has 0 amide bonds. The molecule has 0 unspecified atom stereocenters. The van der Waals surface area contributed by atoms with Gasteiger partial charge in [-0.3, -0.25) is 0 Å². The number of halogens is 1. The van der Waals surface area contributed by atoms with Crippen LogP contribution in [0.5, 0.6) is 0 Å². The van der Waals surface area contributed by atoms with Crippen molar-refractivity contribution < 1.29 is 0 Å². The van der Waals surface area contributed by atoms with Gasteiger partial charge in [-0.1, -0.05) is 23.7 Å². The maximum absolute atomic E-state index is 5.94. The molecule has 0 spiro atoms. The van der Waals surface area contributed by atoms with Crippen molar-refractivity contribution in [3.05, 3.63) is 46.9 Å². The van der Waals surface area contributed by atoms with Gasteiger partial charge >= 0.3 is 0 Å². The van der Waals surface area contributed by atoms with Crippen LogP contribution in [0.4, 0.5) is 0 Å². The average Bonchev–Trinajstić information content (AvgIpc) is 2.28. The molecule has 0 atom stereocenters. The maximum Gasteiger partial charge on any atom is 0.126 e. The summed E-state index contributed by atoms with van der Waals surface area (Å²) in [6.45, 7) is 2.27. The van der Waals surface area contributed by atoms with E-state index >= 15 is 0 Å². The van der Waals surface area contributed by atoms with Gasteiger partial charge in [0.25, 0.3) is 0 Å². The second-order valence-electron chi connectivity index (χ2n) is 3.51. The minimum absolute atomic E-state index is 0.414. The van der Waals surface area contributed by atoms with E-state index in [2.05, 4.69) is 9.97 Å². The number of rotatable bonds is 2. The summed E-state index contributed by atoms with van der Waals surface area (Å²) in [6, 6.07) is 9.47. The third-order valence-corrected chi connectivity index (χ3v) is 2.46. The van der Waals surface area contributed by atoms with Crippen LogP contribution in [0, 0.1) is 6.92 Å². The highest BCUT2D eigenvalue weighted by Gasteiger charge is 2.03. The van der Waals surface area contributed by atoms with Crippen LogP contribution in [0.1, 0.15) is 11.5 Å². The highest BCUT2D eigenvalue weighted by atomic mass is 35.5. The Kier molecular flexibility index (Phi) is 3.17. The van der Waals surface area contributed by atoms with E-state index < -0.39 is 0 Å². The second-order valence-corrected chi connectivity index (χ2v) is 3.94. The summed E-state index contributed by atoms with van der Waals surface area (Å²) in [4.78, 5) is 8.60. The van der Waals surface area contributed by atoms with E-state index in [4.69, 9.17) is 17.3 Å². The van der Waals surface area contributed by atoms with Gasteiger partial charge in [-0.2, -0.15) is 0 Å². The third kappa shape index (κ3) is 2.38. The van der Waals surface area contributed by atoms with E-state index in [0.29, 0.717) is 11.6 Å². The fourth-order valence-corrected chi connectivity index (χ4v) is 1.72. The first-order chi connectivity index (χ1) is 7.69. The van der Waals surface area contributed by atoms with E-state index in [1.807, 2.05) is 37.3 Å². The van der Waals surface area contributed by atoms with Crippen LogP contribution < -0.4 is 5.73 Å². The Morgan fingerprint density at radius 2 is 2.06 bits per heavy atom. The molecule has 2 N–H and O–H groups in total. The summed E-state index contributed by atoms with van der Waals surface area (Å²) in [6.07, 6.45) is 0. The van der Waals surface area contributed by atoms with Gasteiger partial charge in [0.15, 0.2) is 0 Å². The molecule has 0 bridgehead atoms. The maximum atomic E-state index is 5.94. The zero-order valence-corrected chi connectivity index (χ0v) is 9.70. The van der Waals surface area contributed by atoms with Crippen LogP contribution in [0.3, 0.4) is 0 Å². The number of hydrogen-bond acceptors (Lipinski definition) is 3. The summed E-state index contributed by atoms with van der Waals surface area (Å²) >= 11 is 5.94. The molecule has 2 rings (SSSR count). The number of benzene rings is 1. The SMILES string of the molecule is Cc1nc(CN)cc(-c2cccc(Cl)c2)n1. The first-order valence-electron chi connectivity index (χ1n) is 4.99. The Labute approximate surface area is 99.3 Å². The summed E-state index contributed by atoms with van der Waals surface area (Å²) in [5, 5.41) is 0.697. The molecule has 82 valence electrons. The average molecular weight is 234 g/mol. The number of nitrogens with zero attached hydrogens (tertiary/aromatic N) is 2. The molecular weight excluding hydrogens is 222 g/mol. The smallest absolute Gasteiger partial charge is 0.126 e. The van der Waals surface area contributed by atoms with Crippen LogP contribution in [0.25, 0.3) is 11.3 Å². The summed E-state index contributed by atoms with van der Waals surface area (Å²) in [7, 11) is 0. The molecule has 0 aliphatic heterocycles. The lowest BCUT2D eigenvalue weighted by Crippen LogP contribution is -2.03. The molecule has 1 aromatic heterocycles. The van der Waals surface area contributed by atoms with Gasteiger partial charge in [-0.15, -0.1) is 0 Å². The normalized spacial score (nSPS) is 10.4. The molecule has 0 fully saturated rings. The fraction of sp³-hybridized carbons (Fsp3) is 0.167. The standard InChI is InChI=1S/C12H12ClN3/c1-8-15-11(7-14)6-12(16-8)9-3-2-4-10(13)5-9/h2-6H,7,14H2,1H3. The fourth-order valence-electron chi connectivity index (χ4n) is 1.53. The lowest BCUT2D eigenvalue weighted by atomic mass is 10.1. The van der Waals surface area contributed by atoms with Gasteiger partial charge in [-0.05, 0) is 25.1 Å². The number of aryl methyl sites for hydroxylation is 1. The van der Waals surface area contributed by atoms with Crippen LogP contribution in [0.15, 0.2) is 30.3 Å². The van der Waals surface area contributed by atoms with E-state index in [-0.39, 0.29) is 0 Å². The predicted molar refractivity (Wildman–Crippen MR) is 65.1 cm³/mol. The van der Waals surface area contributed by atoms with Crippen molar-refractivity contribution >= 4 is 11.6 Å². The Morgan fingerprint density at radius 3 is 2.75 bits per heavy atom. The van der Waals surface area contributed by atoms with Gasteiger partial charge in [0.1, 0.15) is 5.82 Å². The van der Waals surface area contributed by atoms with Gasteiger partial charge in [0, 0.05) is 17.1 Å². The lowest BCUT2D eigenvalue weighted by molar-refractivity contribution is 0.929. The van der Waals surface area contributed by atoms with Crippen LogP contribution in [-0.4, -0.2) is 9.97 Å². The highest BCUT2D eigenvalue weighted by Crippen LogP contribution is 2.21. The topological polar surface area (TPSA) is 51.8 Å². The van der Waals surface area contributed by atoms with Crippen LogP contribution >= 0.6 is 11.6 Å².